The Kier molecular flexibility index (Phi) is 9.61. The third-order valence-corrected chi connectivity index (χ3v) is 6.04. The van der Waals surface area contributed by atoms with E-state index in [0.29, 0.717) is 18.0 Å². The first kappa shape index (κ1) is 24.3. The van der Waals surface area contributed by atoms with Crippen LogP contribution in [0.4, 0.5) is 0 Å². The number of carbonyl (C=O) groups excluding carboxylic acids is 1. The average Bonchev–Trinajstić information content (AvgIpc) is 2.76. The van der Waals surface area contributed by atoms with Crippen LogP contribution in [0.1, 0.15) is 79.9 Å². The molecule has 0 saturated heterocycles. The number of hydrogen-bond donors (Lipinski definition) is 1. The standard InChI is InChI=1S/C28H40N2O2/c1-4-15-30-16-6-5-7-17-32-27-12-11-25(28(31)29-14-13-22(2)3)20-26(27)19-23-9-8-10-24(18-23)21-30/h8-12,18,20,22H,4-7,13-17,19,21H2,1-3H3,(H,29,31). The van der Waals surface area contributed by atoms with Gasteiger partial charge in [-0.15, -0.1) is 0 Å². The maximum atomic E-state index is 12.7. The second-order valence-corrected chi connectivity index (χ2v) is 9.44. The van der Waals surface area contributed by atoms with E-state index in [1.54, 1.807) is 0 Å². The van der Waals surface area contributed by atoms with Crippen molar-refractivity contribution in [1.29, 1.82) is 0 Å². The van der Waals surface area contributed by atoms with Crippen molar-refractivity contribution in [2.75, 3.05) is 26.2 Å². The molecule has 0 radical (unpaired) electrons. The quantitative estimate of drug-likeness (QED) is 0.620. The second kappa shape index (κ2) is 12.6. The first-order valence-corrected chi connectivity index (χ1v) is 12.4. The molecule has 0 fully saturated rings. The molecular weight excluding hydrogens is 396 g/mol. The second-order valence-electron chi connectivity index (χ2n) is 9.44. The summed E-state index contributed by atoms with van der Waals surface area (Å²) in [7, 11) is 0. The highest BCUT2D eigenvalue weighted by molar-refractivity contribution is 5.94. The largest absolute Gasteiger partial charge is 0.493 e. The fourth-order valence-electron chi connectivity index (χ4n) is 4.27. The Labute approximate surface area is 194 Å². The Morgan fingerprint density at radius 3 is 2.75 bits per heavy atom. The summed E-state index contributed by atoms with van der Waals surface area (Å²) in [6.07, 6.45) is 6.36. The van der Waals surface area contributed by atoms with E-state index in [4.69, 9.17) is 4.74 Å². The SMILES string of the molecule is CCCN1CCCCCOc2ccc(C(=O)NCCC(C)C)cc2Cc2cccc(c2)C1. The predicted octanol–water partition coefficient (Wildman–Crippen LogP) is 5.83. The van der Waals surface area contributed by atoms with Crippen LogP contribution >= 0.6 is 0 Å². The molecule has 0 spiro atoms. The summed E-state index contributed by atoms with van der Waals surface area (Å²) in [5, 5.41) is 3.06. The molecule has 3 rings (SSSR count). The first-order chi connectivity index (χ1) is 15.5. The molecule has 0 aromatic heterocycles. The Balaban J connectivity index is 1.82. The van der Waals surface area contributed by atoms with E-state index in [1.807, 2.05) is 18.2 Å². The Morgan fingerprint density at radius 2 is 1.94 bits per heavy atom. The lowest BCUT2D eigenvalue weighted by Crippen LogP contribution is -2.25. The van der Waals surface area contributed by atoms with Gasteiger partial charge in [0, 0.05) is 25.1 Å². The highest BCUT2D eigenvalue weighted by atomic mass is 16.5. The van der Waals surface area contributed by atoms with Gasteiger partial charge in [-0.1, -0.05) is 45.0 Å². The summed E-state index contributed by atoms with van der Waals surface area (Å²) in [4.78, 5) is 15.3. The maximum absolute atomic E-state index is 12.7. The lowest BCUT2D eigenvalue weighted by molar-refractivity contribution is 0.0952. The number of ether oxygens (including phenoxy) is 1. The Morgan fingerprint density at radius 1 is 1.09 bits per heavy atom. The van der Waals surface area contributed by atoms with E-state index >= 15 is 0 Å². The van der Waals surface area contributed by atoms with Crippen LogP contribution in [0.2, 0.25) is 0 Å². The lowest BCUT2D eigenvalue weighted by atomic mass is 9.99. The van der Waals surface area contributed by atoms with Gasteiger partial charge in [0.25, 0.3) is 5.91 Å². The molecule has 2 aromatic rings. The van der Waals surface area contributed by atoms with Gasteiger partial charge in [0.1, 0.15) is 5.75 Å². The van der Waals surface area contributed by atoms with Crippen molar-refractivity contribution in [1.82, 2.24) is 10.2 Å². The van der Waals surface area contributed by atoms with Crippen LogP contribution in [0.15, 0.2) is 42.5 Å². The summed E-state index contributed by atoms with van der Waals surface area (Å²) in [6.45, 7) is 11.3. The van der Waals surface area contributed by atoms with Gasteiger partial charge in [-0.2, -0.15) is 0 Å². The third kappa shape index (κ3) is 7.67. The lowest BCUT2D eigenvalue weighted by Gasteiger charge is -2.22. The molecule has 1 amide bonds. The highest BCUT2D eigenvalue weighted by Crippen LogP contribution is 2.25. The number of benzene rings is 2. The smallest absolute Gasteiger partial charge is 0.251 e. The van der Waals surface area contributed by atoms with Crippen LogP contribution in [-0.2, 0) is 13.0 Å². The van der Waals surface area contributed by atoms with Gasteiger partial charge in [0.15, 0.2) is 0 Å². The van der Waals surface area contributed by atoms with Gasteiger partial charge in [-0.25, -0.2) is 0 Å². The van der Waals surface area contributed by atoms with Crippen molar-refractivity contribution in [2.45, 2.75) is 65.8 Å². The molecular formula is C28H40N2O2. The Bertz CT molecular complexity index is 862. The van der Waals surface area contributed by atoms with Crippen molar-refractivity contribution in [3.8, 4) is 5.75 Å². The average molecular weight is 437 g/mol. The number of amides is 1. The van der Waals surface area contributed by atoms with Gasteiger partial charge in [-0.05, 0) is 86.0 Å². The van der Waals surface area contributed by atoms with Gasteiger partial charge < -0.3 is 10.1 Å². The zero-order valence-corrected chi connectivity index (χ0v) is 20.2. The molecule has 32 heavy (non-hydrogen) atoms. The molecule has 1 aliphatic heterocycles. The van der Waals surface area contributed by atoms with Crippen LogP contribution in [0.3, 0.4) is 0 Å². The fourth-order valence-corrected chi connectivity index (χ4v) is 4.27. The fraction of sp³-hybridized carbons (Fsp3) is 0.536. The summed E-state index contributed by atoms with van der Waals surface area (Å²) in [5.74, 6) is 1.48. The highest BCUT2D eigenvalue weighted by Gasteiger charge is 2.13. The van der Waals surface area contributed by atoms with E-state index in [0.717, 1.165) is 56.8 Å². The molecule has 1 aliphatic rings. The summed E-state index contributed by atoms with van der Waals surface area (Å²) in [6, 6.07) is 14.8. The minimum absolute atomic E-state index is 0.00295. The first-order valence-electron chi connectivity index (χ1n) is 12.4. The number of carbonyl (C=O) groups is 1. The van der Waals surface area contributed by atoms with Crippen molar-refractivity contribution in [3.63, 3.8) is 0 Å². The molecule has 2 aromatic carbocycles. The van der Waals surface area contributed by atoms with Crippen molar-refractivity contribution in [3.05, 3.63) is 64.7 Å². The third-order valence-electron chi connectivity index (χ3n) is 6.04. The summed E-state index contributed by atoms with van der Waals surface area (Å²) in [5.41, 5.74) is 4.42. The maximum Gasteiger partial charge on any atom is 0.251 e. The van der Waals surface area contributed by atoms with E-state index in [9.17, 15) is 4.79 Å². The Hall–Kier alpha value is -2.33. The van der Waals surface area contributed by atoms with Crippen LogP contribution in [0, 0.1) is 5.92 Å². The van der Waals surface area contributed by atoms with Gasteiger partial charge in [0.05, 0.1) is 6.61 Å². The van der Waals surface area contributed by atoms with Crippen LogP contribution < -0.4 is 10.1 Å². The van der Waals surface area contributed by atoms with E-state index in [-0.39, 0.29) is 5.91 Å². The van der Waals surface area contributed by atoms with Crippen molar-refractivity contribution in [2.24, 2.45) is 5.92 Å². The molecule has 1 N–H and O–H groups in total. The number of fused-ring (bicyclic) bond motifs is 3. The number of rotatable bonds is 6. The van der Waals surface area contributed by atoms with E-state index in [1.165, 1.54) is 30.4 Å². The molecule has 1 heterocycles. The van der Waals surface area contributed by atoms with E-state index in [2.05, 4.69) is 55.3 Å². The van der Waals surface area contributed by atoms with Crippen LogP contribution in [0.5, 0.6) is 5.75 Å². The van der Waals surface area contributed by atoms with Crippen LogP contribution in [-0.4, -0.2) is 37.0 Å². The molecule has 174 valence electrons. The molecule has 4 heteroatoms. The van der Waals surface area contributed by atoms with E-state index < -0.39 is 0 Å². The van der Waals surface area contributed by atoms with Gasteiger partial charge in [0.2, 0.25) is 0 Å². The summed E-state index contributed by atoms with van der Waals surface area (Å²) < 4.78 is 6.18. The monoisotopic (exact) mass is 436 g/mol. The molecule has 4 nitrogen and oxygen atoms in total. The predicted molar refractivity (Wildman–Crippen MR) is 132 cm³/mol. The molecule has 0 aliphatic carbocycles. The minimum Gasteiger partial charge on any atom is -0.493 e. The van der Waals surface area contributed by atoms with Crippen molar-refractivity contribution < 1.29 is 9.53 Å². The zero-order chi connectivity index (χ0) is 22.8. The number of nitrogens with one attached hydrogen (secondary N) is 1. The molecule has 0 atom stereocenters. The topological polar surface area (TPSA) is 41.6 Å². The van der Waals surface area contributed by atoms with Crippen LogP contribution in [0.25, 0.3) is 0 Å². The molecule has 2 bridgehead atoms. The zero-order valence-electron chi connectivity index (χ0n) is 20.2. The minimum atomic E-state index is -0.00295. The normalized spacial score (nSPS) is 15.5. The molecule has 0 unspecified atom stereocenters. The van der Waals surface area contributed by atoms with Gasteiger partial charge >= 0.3 is 0 Å². The van der Waals surface area contributed by atoms with Crippen molar-refractivity contribution >= 4 is 5.91 Å². The van der Waals surface area contributed by atoms with Gasteiger partial charge in [-0.3, -0.25) is 9.69 Å². The number of nitrogens with zero attached hydrogens (tertiary/aromatic N) is 1. The summed E-state index contributed by atoms with van der Waals surface area (Å²) >= 11 is 0. The number of hydrogen-bond acceptors (Lipinski definition) is 3. The molecule has 0 saturated carbocycles.